The van der Waals surface area contributed by atoms with Gasteiger partial charge in [0.25, 0.3) is 0 Å². The molecule has 3 nitrogen and oxygen atoms in total. The minimum Gasteiger partial charge on any atom is -0.465 e. The molecule has 1 rings (SSSR count). The first-order chi connectivity index (χ1) is 7.70. The molecule has 0 spiro atoms. The van der Waals surface area contributed by atoms with Crippen molar-refractivity contribution < 1.29 is 9.53 Å². The van der Waals surface area contributed by atoms with E-state index in [4.69, 9.17) is 4.74 Å². The second-order valence-corrected chi connectivity index (χ2v) is 4.66. The Labute approximate surface area is 99.1 Å². The van der Waals surface area contributed by atoms with Gasteiger partial charge in [-0.25, -0.2) is 0 Å². The molecule has 1 saturated carbocycles. The number of nitrogens with zero attached hydrogens (tertiary/aromatic N) is 1. The zero-order valence-electron chi connectivity index (χ0n) is 10.9. The summed E-state index contributed by atoms with van der Waals surface area (Å²) in [6, 6.07) is 0.550. The Bertz CT molecular complexity index is 212. The van der Waals surface area contributed by atoms with Crippen LogP contribution in [-0.2, 0) is 9.53 Å². The van der Waals surface area contributed by atoms with Gasteiger partial charge in [-0.2, -0.15) is 0 Å². The summed E-state index contributed by atoms with van der Waals surface area (Å²) < 4.78 is 5.16. The van der Waals surface area contributed by atoms with E-state index in [0.717, 1.165) is 12.8 Å². The second-order valence-electron chi connectivity index (χ2n) is 4.66. The quantitative estimate of drug-likeness (QED) is 0.653. The molecular weight excluding hydrogens is 202 g/mol. The van der Waals surface area contributed by atoms with Crippen LogP contribution in [0, 0.1) is 0 Å². The molecule has 3 heteroatoms. The van der Waals surface area contributed by atoms with E-state index in [-0.39, 0.29) is 12.0 Å². The van der Waals surface area contributed by atoms with Crippen LogP contribution in [0.3, 0.4) is 0 Å². The van der Waals surface area contributed by atoms with Gasteiger partial charge in [0.1, 0.15) is 6.04 Å². The fourth-order valence-electron chi connectivity index (χ4n) is 2.57. The lowest BCUT2D eigenvalue weighted by Gasteiger charge is -2.31. The zero-order valence-corrected chi connectivity index (χ0v) is 10.9. The number of carbonyl (C=O) groups is 1. The van der Waals surface area contributed by atoms with Crippen molar-refractivity contribution in [1.29, 1.82) is 0 Å². The first kappa shape index (κ1) is 13.5. The monoisotopic (exact) mass is 227 g/mol. The lowest BCUT2D eigenvalue weighted by Crippen LogP contribution is -2.44. The normalized spacial score (nSPS) is 19.0. The molecule has 94 valence electrons. The van der Waals surface area contributed by atoms with Crippen LogP contribution >= 0.6 is 0 Å². The van der Waals surface area contributed by atoms with Crippen LogP contribution in [0.5, 0.6) is 0 Å². The standard InChI is InChI=1S/C13H25NO2/c1-4-8-12(13(15)16-5-2)14(3)11-9-6-7-10-11/h11-12H,4-10H2,1-3H3. The van der Waals surface area contributed by atoms with Crippen LogP contribution < -0.4 is 0 Å². The topological polar surface area (TPSA) is 29.5 Å². The second kappa shape index (κ2) is 6.89. The number of esters is 1. The third-order valence-electron chi connectivity index (χ3n) is 3.51. The molecule has 0 aromatic rings. The van der Waals surface area contributed by atoms with Crippen LogP contribution in [0.15, 0.2) is 0 Å². The number of carbonyl (C=O) groups excluding carboxylic acids is 1. The van der Waals surface area contributed by atoms with Crippen molar-refractivity contribution in [3.8, 4) is 0 Å². The molecule has 0 bridgehead atoms. The van der Waals surface area contributed by atoms with Gasteiger partial charge in [0.2, 0.25) is 0 Å². The minimum absolute atomic E-state index is 0.0342. The lowest BCUT2D eigenvalue weighted by atomic mass is 10.1. The largest absolute Gasteiger partial charge is 0.465 e. The third-order valence-corrected chi connectivity index (χ3v) is 3.51. The predicted octanol–water partition coefficient (Wildman–Crippen LogP) is 2.59. The Kier molecular flexibility index (Phi) is 5.81. The lowest BCUT2D eigenvalue weighted by molar-refractivity contribution is -0.150. The zero-order chi connectivity index (χ0) is 12.0. The van der Waals surface area contributed by atoms with Crippen LogP contribution in [0.1, 0.15) is 52.4 Å². The first-order valence-corrected chi connectivity index (χ1v) is 6.59. The van der Waals surface area contributed by atoms with E-state index in [1.54, 1.807) is 0 Å². The van der Waals surface area contributed by atoms with Crippen molar-refractivity contribution in [2.45, 2.75) is 64.5 Å². The van der Waals surface area contributed by atoms with E-state index in [1.165, 1.54) is 25.7 Å². The molecule has 0 aromatic carbocycles. The van der Waals surface area contributed by atoms with Crippen molar-refractivity contribution in [1.82, 2.24) is 4.90 Å². The maximum Gasteiger partial charge on any atom is 0.323 e. The van der Waals surface area contributed by atoms with Gasteiger partial charge in [-0.3, -0.25) is 9.69 Å². The van der Waals surface area contributed by atoms with Crippen LogP contribution in [-0.4, -0.2) is 36.6 Å². The maximum absolute atomic E-state index is 11.9. The highest BCUT2D eigenvalue weighted by Crippen LogP contribution is 2.25. The number of rotatable bonds is 6. The summed E-state index contributed by atoms with van der Waals surface area (Å²) >= 11 is 0. The highest BCUT2D eigenvalue weighted by atomic mass is 16.5. The van der Waals surface area contributed by atoms with Crippen molar-refractivity contribution >= 4 is 5.97 Å². The highest BCUT2D eigenvalue weighted by Gasteiger charge is 2.30. The molecule has 0 aromatic heterocycles. The molecule has 0 aliphatic heterocycles. The summed E-state index contributed by atoms with van der Waals surface area (Å²) in [4.78, 5) is 14.1. The van der Waals surface area contributed by atoms with E-state index in [0.29, 0.717) is 12.6 Å². The molecule has 0 N–H and O–H groups in total. The molecule has 0 heterocycles. The van der Waals surface area contributed by atoms with E-state index in [2.05, 4.69) is 18.9 Å². The summed E-state index contributed by atoms with van der Waals surface area (Å²) in [5, 5.41) is 0. The van der Waals surface area contributed by atoms with Crippen molar-refractivity contribution in [3.05, 3.63) is 0 Å². The van der Waals surface area contributed by atoms with Crippen LogP contribution in [0.2, 0.25) is 0 Å². The number of likely N-dealkylation sites (N-methyl/N-ethyl adjacent to an activating group) is 1. The molecule has 1 aliphatic rings. The Hall–Kier alpha value is -0.570. The molecule has 1 fully saturated rings. The summed E-state index contributed by atoms with van der Waals surface area (Å²) in [5.74, 6) is -0.0428. The SMILES string of the molecule is CCCC(C(=O)OCC)N(C)C1CCCC1. The minimum atomic E-state index is -0.0428. The molecule has 1 unspecified atom stereocenters. The molecular formula is C13H25NO2. The van der Waals surface area contributed by atoms with Gasteiger partial charge in [-0.15, -0.1) is 0 Å². The average molecular weight is 227 g/mol. The molecule has 16 heavy (non-hydrogen) atoms. The summed E-state index contributed by atoms with van der Waals surface area (Å²) in [6.45, 7) is 4.47. The molecule has 0 saturated heterocycles. The smallest absolute Gasteiger partial charge is 0.323 e. The number of ether oxygens (including phenoxy) is 1. The average Bonchev–Trinajstić information content (AvgIpc) is 2.78. The number of hydrogen-bond acceptors (Lipinski definition) is 3. The summed E-state index contributed by atoms with van der Waals surface area (Å²) in [7, 11) is 2.08. The maximum atomic E-state index is 11.9. The number of hydrogen-bond donors (Lipinski definition) is 0. The first-order valence-electron chi connectivity index (χ1n) is 6.59. The van der Waals surface area contributed by atoms with Gasteiger partial charge in [0, 0.05) is 6.04 Å². The van der Waals surface area contributed by atoms with Crippen molar-refractivity contribution in [2.75, 3.05) is 13.7 Å². The van der Waals surface area contributed by atoms with Gasteiger partial charge in [-0.1, -0.05) is 26.2 Å². The fraction of sp³-hybridized carbons (Fsp3) is 0.923. The predicted molar refractivity (Wildman–Crippen MR) is 65.3 cm³/mol. The van der Waals surface area contributed by atoms with Crippen LogP contribution in [0.25, 0.3) is 0 Å². The molecule has 1 atom stereocenters. The van der Waals surface area contributed by atoms with Gasteiger partial charge >= 0.3 is 5.97 Å². The van der Waals surface area contributed by atoms with E-state index >= 15 is 0 Å². The molecule has 0 radical (unpaired) electrons. The Morgan fingerprint density at radius 2 is 2.00 bits per heavy atom. The van der Waals surface area contributed by atoms with Crippen molar-refractivity contribution in [2.24, 2.45) is 0 Å². The Morgan fingerprint density at radius 3 is 2.50 bits per heavy atom. The summed E-state index contributed by atoms with van der Waals surface area (Å²) in [6.07, 6.45) is 7.01. The van der Waals surface area contributed by atoms with Gasteiger partial charge < -0.3 is 4.74 Å². The van der Waals surface area contributed by atoms with E-state index in [1.807, 2.05) is 6.92 Å². The van der Waals surface area contributed by atoms with Gasteiger partial charge in [0.05, 0.1) is 6.61 Å². The highest BCUT2D eigenvalue weighted by molar-refractivity contribution is 5.75. The van der Waals surface area contributed by atoms with Crippen LogP contribution in [0.4, 0.5) is 0 Å². The van der Waals surface area contributed by atoms with Gasteiger partial charge in [-0.05, 0) is 33.2 Å². The fourth-order valence-corrected chi connectivity index (χ4v) is 2.57. The van der Waals surface area contributed by atoms with Crippen molar-refractivity contribution in [3.63, 3.8) is 0 Å². The van der Waals surface area contributed by atoms with E-state index < -0.39 is 0 Å². The Balaban J connectivity index is 2.56. The summed E-state index contributed by atoms with van der Waals surface area (Å²) in [5.41, 5.74) is 0. The Morgan fingerprint density at radius 1 is 1.38 bits per heavy atom. The van der Waals surface area contributed by atoms with Gasteiger partial charge in [0.15, 0.2) is 0 Å². The van der Waals surface area contributed by atoms with E-state index in [9.17, 15) is 4.79 Å². The third kappa shape index (κ3) is 3.48. The molecule has 0 amide bonds. The molecule has 1 aliphatic carbocycles.